The maximum Gasteiger partial charge on any atom is 0.335 e. The van der Waals surface area contributed by atoms with Gasteiger partial charge in [0.25, 0.3) is 5.91 Å². The molecule has 164 valence electrons. The standard InChI is InChI=1S/C23H21FN4O3S/c1-2-27-22(29)20(26-17-5-3-11-25-13-17)19(23(30)31)21(18-6-4-12-32-18)28(27)14-15-7-9-16(24)10-8-15/h3-13,21,26H,2,14H2,1H3,(H,30,31). The maximum atomic E-state index is 13.5. The summed E-state index contributed by atoms with van der Waals surface area (Å²) in [5, 5.41) is 18.3. The fourth-order valence-corrected chi connectivity index (χ4v) is 4.57. The Kier molecular flexibility index (Phi) is 6.29. The summed E-state index contributed by atoms with van der Waals surface area (Å²) in [6.07, 6.45) is 3.12. The number of carbonyl (C=O) groups excluding carboxylic acids is 1. The van der Waals surface area contributed by atoms with Gasteiger partial charge in [0.15, 0.2) is 0 Å². The molecule has 0 radical (unpaired) electrons. The molecule has 7 nitrogen and oxygen atoms in total. The van der Waals surface area contributed by atoms with E-state index >= 15 is 0 Å². The van der Waals surface area contributed by atoms with E-state index in [0.29, 0.717) is 12.2 Å². The van der Waals surface area contributed by atoms with Gasteiger partial charge in [-0.2, -0.15) is 0 Å². The number of thiophene rings is 1. The molecule has 1 amide bonds. The summed E-state index contributed by atoms with van der Waals surface area (Å²) in [6, 6.07) is 12.4. The van der Waals surface area contributed by atoms with E-state index in [1.807, 2.05) is 24.4 Å². The summed E-state index contributed by atoms with van der Waals surface area (Å²) in [5.74, 6) is -2.01. The molecule has 2 N–H and O–H groups in total. The molecule has 0 fully saturated rings. The molecule has 0 aliphatic carbocycles. The number of carbonyl (C=O) groups is 2. The number of nitrogens with one attached hydrogen (secondary N) is 1. The number of halogens is 1. The topological polar surface area (TPSA) is 85.8 Å². The van der Waals surface area contributed by atoms with E-state index in [2.05, 4.69) is 10.3 Å². The van der Waals surface area contributed by atoms with Gasteiger partial charge in [-0.1, -0.05) is 18.2 Å². The lowest BCUT2D eigenvalue weighted by Crippen LogP contribution is -2.54. The quantitative estimate of drug-likeness (QED) is 0.563. The van der Waals surface area contributed by atoms with Crippen LogP contribution in [-0.2, 0) is 16.1 Å². The molecule has 2 aromatic heterocycles. The number of anilines is 1. The van der Waals surface area contributed by atoms with Gasteiger partial charge in [-0.05, 0) is 48.2 Å². The van der Waals surface area contributed by atoms with Crippen molar-refractivity contribution in [2.24, 2.45) is 0 Å². The summed E-state index contributed by atoms with van der Waals surface area (Å²) < 4.78 is 13.4. The minimum atomic E-state index is -1.19. The Labute approximate surface area is 188 Å². The molecular formula is C23H21FN4O3S. The molecule has 1 aliphatic rings. The van der Waals surface area contributed by atoms with Crippen LogP contribution in [-0.4, -0.2) is 38.5 Å². The molecule has 0 bridgehead atoms. The zero-order valence-corrected chi connectivity index (χ0v) is 18.1. The van der Waals surface area contributed by atoms with Crippen LogP contribution in [0.4, 0.5) is 10.1 Å². The zero-order valence-electron chi connectivity index (χ0n) is 17.2. The Morgan fingerprint density at radius 3 is 2.59 bits per heavy atom. The van der Waals surface area contributed by atoms with Gasteiger partial charge in [0, 0.05) is 24.2 Å². The molecule has 1 aliphatic heterocycles. The van der Waals surface area contributed by atoms with Crippen LogP contribution in [0.1, 0.15) is 23.4 Å². The van der Waals surface area contributed by atoms with Crippen LogP contribution in [0.3, 0.4) is 0 Å². The molecule has 3 aromatic rings. The number of hydrogen-bond donors (Lipinski definition) is 2. The van der Waals surface area contributed by atoms with Crippen LogP contribution in [0.25, 0.3) is 0 Å². The monoisotopic (exact) mass is 452 g/mol. The van der Waals surface area contributed by atoms with Crippen molar-refractivity contribution in [3.05, 3.63) is 93.8 Å². The second-order valence-corrected chi connectivity index (χ2v) is 8.10. The van der Waals surface area contributed by atoms with E-state index in [9.17, 15) is 19.1 Å². The Hall–Kier alpha value is -3.56. The van der Waals surface area contributed by atoms with E-state index in [4.69, 9.17) is 0 Å². The number of amides is 1. The Morgan fingerprint density at radius 1 is 1.22 bits per heavy atom. The number of aromatic nitrogens is 1. The lowest BCUT2D eigenvalue weighted by molar-refractivity contribution is -0.155. The van der Waals surface area contributed by atoms with Crippen molar-refractivity contribution < 1.29 is 19.1 Å². The predicted octanol–water partition coefficient (Wildman–Crippen LogP) is 4.05. The number of likely N-dealkylation sites (N-methyl/N-ethyl adjacent to an activating group) is 1. The van der Waals surface area contributed by atoms with Crippen LogP contribution in [0.5, 0.6) is 0 Å². The van der Waals surface area contributed by atoms with Gasteiger partial charge in [0.05, 0.1) is 23.5 Å². The smallest absolute Gasteiger partial charge is 0.335 e. The van der Waals surface area contributed by atoms with Crippen molar-refractivity contribution in [3.63, 3.8) is 0 Å². The van der Waals surface area contributed by atoms with Crippen LogP contribution < -0.4 is 5.32 Å². The average Bonchev–Trinajstić information content (AvgIpc) is 3.32. The molecule has 1 unspecified atom stereocenters. The summed E-state index contributed by atoms with van der Waals surface area (Å²) in [5.41, 5.74) is 1.23. The first kappa shape index (κ1) is 21.7. The Bertz CT molecular complexity index is 1130. The largest absolute Gasteiger partial charge is 0.478 e. The van der Waals surface area contributed by atoms with E-state index in [-0.39, 0.29) is 23.6 Å². The highest BCUT2D eigenvalue weighted by Gasteiger charge is 2.43. The van der Waals surface area contributed by atoms with E-state index < -0.39 is 17.9 Å². The van der Waals surface area contributed by atoms with Gasteiger partial charge in [-0.3, -0.25) is 14.8 Å². The molecule has 4 rings (SSSR count). The first-order valence-corrected chi connectivity index (χ1v) is 10.9. The third-order valence-corrected chi connectivity index (χ3v) is 6.06. The highest BCUT2D eigenvalue weighted by Crippen LogP contribution is 2.40. The summed E-state index contributed by atoms with van der Waals surface area (Å²) in [6.45, 7) is 2.39. The first-order chi connectivity index (χ1) is 15.5. The van der Waals surface area contributed by atoms with Crippen molar-refractivity contribution in [3.8, 4) is 0 Å². The molecule has 0 spiro atoms. The van der Waals surface area contributed by atoms with Crippen molar-refractivity contribution in [1.29, 1.82) is 0 Å². The van der Waals surface area contributed by atoms with Crippen LogP contribution in [0.2, 0.25) is 0 Å². The fourth-order valence-electron chi connectivity index (χ4n) is 3.73. The number of nitrogens with zero attached hydrogens (tertiary/aromatic N) is 3. The Morgan fingerprint density at radius 2 is 2.00 bits per heavy atom. The minimum Gasteiger partial charge on any atom is -0.478 e. The van der Waals surface area contributed by atoms with Crippen LogP contribution in [0.15, 0.2) is 77.6 Å². The van der Waals surface area contributed by atoms with Gasteiger partial charge < -0.3 is 10.4 Å². The van der Waals surface area contributed by atoms with E-state index in [0.717, 1.165) is 10.4 Å². The third-order valence-electron chi connectivity index (χ3n) is 5.13. The van der Waals surface area contributed by atoms with E-state index in [1.54, 1.807) is 35.5 Å². The van der Waals surface area contributed by atoms with Gasteiger partial charge >= 0.3 is 5.97 Å². The van der Waals surface area contributed by atoms with Crippen LogP contribution in [0, 0.1) is 5.82 Å². The third kappa shape index (κ3) is 4.25. The molecule has 0 saturated carbocycles. The molecular weight excluding hydrogens is 431 g/mol. The number of benzene rings is 1. The number of carboxylic acids is 1. The highest BCUT2D eigenvalue weighted by atomic mass is 32.1. The molecule has 32 heavy (non-hydrogen) atoms. The van der Waals surface area contributed by atoms with Gasteiger partial charge in [0.1, 0.15) is 11.5 Å². The van der Waals surface area contributed by atoms with Crippen LogP contribution >= 0.6 is 11.3 Å². The number of rotatable bonds is 7. The average molecular weight is 453 g/mol. The van der Waals surface area contributed by atoms with Gasteiger partial charge in [-0.25, -0.2) is 14.2 Å². The molecule has 1 aromatic carbocycles. The summed E-state index contributed by atoms with van der Waals surface area (Å²) in [7, 11) is 0. The lowest BCUT2D eigenvalue weighted by Gasteiger charge is -2.44. The second kappa shape index (κ2) is 9.29. The van der Waals surface area contributed by atoms with Crippen molar-refractivity contribution >= 4 is 28.9 Å². The Balaban J connectivity index is 1.85. The predicted molar refractivity (Wildman–Crippen MR) is 119 cm³/mol. The number of hydrogen-bond acceptors (Lipinski definition) is 6. The lowest BCUT2D eigenvalue weighted by atomic mass is 9.98. The zero-order chi connectivity index (χ0) is 22.7. The van der Waals surface area contributed by atoms with Crippen molar-refractivity contribution in [2.45, 2.75) is 19.5 Å². The number of aliphatic carboxylic acids is 1. The normalized spacial score (nSPS) is 17.0. The van der Waals surface area contributed by atoms with E-state index in [1.165, 1.54) is 34.7 Å². The SMILES string of the molecule is CCN1C(=O)C(Nc2cccnc2)=C(C(=O)O)C(c2cccs2)N1Cc1ccc(F)cc1. The highest BCUT2D eigenvalue weighted by molar-refractivity contribution is 7.10. The number of pyridine rings is 1. The minimum absolute atomic E-state index is 0.00102. The van der Waals surface area contributed by atoms with Crippen molar-refractivity contribution in [2.75, 3.05) is 11.9 Å². The van der Waals surface area contributed by atoms with Gasteiger partial charge in [-0.15, -0.1) is 11.3 Å². The molecule has 3 heterocycles. The molecule has 9 heteroatoms. The summed E-state index contributed by atoms with van der Waals surface area (Å²) in [4.78, 5) is 30.8. The summed E-state index contributed by atoms with van der Waals surface area (Å²) >= 11 is 1.41. The maximum absolute atomic E-state index is 13.5. The number of hydrazine groups is 1. The first-order valence-electron chi connectivity index (χ1n) is 10.0. The fraction of sp³-hybridized carbons (Fsp3) is 0.174. The van der Waals surface area contributed by atoms with Crippen molar-refractivity contribution in [1.82, 2.24) is 15.0 Å². The number of carboxylic acid groups (broad SMARTS) is 1. The second-order valence-electron chi connectivity index (χ2n) is 7.12. The molecule has 1 atom stereocenters. The molecule has 0 saturated heterocycles. The van der Waals surface area contributed by atoms with Gasteiger partial charge in [0.2, 0.25) is 0 Å².